The maximum absolute atomic E-state index is 12.7. The second kappa shape index (κ2) is 7.40. The van der Waals surface area contributed by atoms with Gasteiger partial charge in [-0.1, -0.05) is 6.92 Å². The summed E-state index contributed by atoms with van der Waals surface area (Å²) in [5.74, 6) is -1.65. The number of carbonyl (C=O) groups is 1. The third-order valence-electron chi connectivity index (χ3n) is 3.70. The predicted molar refractivity (Wildman–Crippen MR) is 85.6 cm³/mol. The van der Waals surface area contributed by atoms with E-state index in [-0.39, 0.29) is 34.7 Å². The summed E-state index contributed by atoms with van der Waals surface area (Å²) in [6.45, 7) is 1.48. The molecule has 0 amide bonds. The van der Waals surface area contributed by atoms with E-state index in [0.717, 1.165) is 6.20 Å². The standard InChI is InChI=1S/C16H15F3N2O4S/c1-2-26(24,25)13-4-3-7-20-12(13)6-5-10-9-21-14(16(17,18)19)8-11(10)15(22)23/h3-4,7-9H,2,5-6H2,1H3,(H,22,23). The van der Waals surface area contributed by atoms with Gasteiger partial charge in [-0.25, -0.2) is 13.2 Å². The number of alkyl halides is 3. The molecule has 0 aliphatic rings. The number of hydrogen-bond acceptors (Lipinski definition) is 5. The van der Waals surface area contributed by atoms with E-state index in [1.165, 1.54) is 25.3 Å². The highest BCUT2D eigenvalue weighted by Crippen LogP contribution is 2.29. The van der Waals surface area contributed by atoms with Crippen molar-refractivity contribution in [2.45, 2.75) is 30.8 Å². The molecule has 0 atom stereocenters. The third-order valence-corrected chi connectivity index (χ3v) is 5.50. The molecule has 0 radical (unpaired) electrons. The molecule has 6 nitrogen and oxygen atoms in total. The minimum Gasteiger partial charge on any atom is -0.478 e. The zero-order valence-electron chi connectivity index (χ0n) is 13.6. The van der Waals surface area contributed by atoms with Crippen molar-refractivity contribution in [3.8, 4) is 0 Å². The van der Waals surface area contributed by atoms with E-state index in [0.29, 0.717) is 6.07 Å². The van der Waals surface area contributed by atoms with Gasteiger partial charge in [0.1, 0.15) is 5.69 Å². The van der Waals surface area contributed by atoms with Crippen LogP contribution in [0.5, 0.6) is 0 Å². The van der Waals surface area contributed by atoms with Gasteiger partial charge in [-0.15, -0.1) is 0 Å². The average Bonchev–Trinajstić information content (AvgIpc) is 2.59. The lowest BCUT2D eigenvalue weighted by atomic mass is 10.0. The van der Waals surface area contributed by atoms with Crippen LogP contribution in [-0.4, -0.2) is 35.2 Å². The van der Waals surface area contributed by atoms with Crippen LogP contribution in [0.3, 0.4) is 0 Å². The van der Waals surface area contributed by atoms with Crippen molar-refractivity contribution < 1.29 is 31.5 Å². The maximum atomic E-state index is 12.7. The van der Waals surface area contributed by atoms with Crippen LogP contribution in [0.1, 0.15) is 34.2 Å². The second-order valence-corrected chi connectivity index (χ2v) is 7.63. The molecule has 0 bridgehead atoms. The summed E-state index contributed by atoms with van der Waals surface area (Å²) < 4.78 is 62.3. The highest BCUT2D eigenvalue weighted by molar-refractivity contribution is 7.91. The Hall–Kier alpha value is -2.49. The van der Waals surface area contributed by atoms with Crippen LogP contribution in [0, 0.1) is 0 Å². The number of aromatic nitrogens is 2. The maximum Gasteiger partial charge on any atom is 0.433 e. The van der Waals surface area contributed by atoms with Crippen LogP contribution in [0.25, 0.3) is 0 Å². The van der Waals surface area contributed by atoms with Crippen molar-refractivity contribution in [3.05, 3.63) is 53.1 Å². The largest absolute Gasteiger partial charge is 0.478 e. The Morgan fingerprint density at radius 3 is 2.50 bits per heavy atom. The molecule has 2 aromatic rings. The summed E-state index contributed by atoms with van der Waals surface area (Å²) in [4.78, 5) is 18.6. The Labute approximate surface area is 147 Å². The van der Waals surface area contributed by atoms with Gasteiger partial charge in [0.05, 0.1) is 21.9 Å². The summed E-state index contributed by atoms with van der Waals surface area (Å²) in [5.41, 5.74) is -1.53. The summed E-state index contributed by atoms with van der Waals surface area (Å²) in [7, 11) is -3.53. The highest BCUT2D eigenvalue weighted by Gasteiger charge is 2.33. The summed E-state index contributed by atoms with van der Waals surface area (Å²) in [6.07, 6.45) is -2.48. The highest BCUT2D eigenvalue weighted by atomic mass is 32.2. The first kappa shape index (κ1) is 19.8. The van der Waals surface area contributed by atoms with Gasteiger partial charge in [-0.05, 0) is 36.6 Å². The Morgan fingerprint density at radius 1 is 1.23 bits per heavy atom. The lowest BCUT2D eigenvalue weighted by molar-refractivity contribution is -0.141. The number of carboxylic acids is 1. The summed E-state index contributed by atoms with van der Waals surface area (Å²) >= 11 is 0. The first-order valence-electron chi connectivity index (χ1n) is 7.52. The minimum absolute atomic E-state index is 0.0178. The van der Waals surface area contributed by atoms with Gasteiger partial charge in [0.2, 0.25) is 0 Å². The number of carboxylic acid groups (broad SMARTS) is 1. The van der Waals surface area contributed by atoms with Gasteiger partial charge in [0, 0.05) is 12.4 Å². The van der Waals surface area contributed by atoms with Crippen molar-refractivity contribution >= 4 is 15.8 Å². The number of aryl methyl sites for hydroxylation is 2. The van der Waals surface area contributed by atoms with E-state index in [1.54, 1.807) is 0 Å². The number of nitrogens with zero attached hydrogens (tertiary/aromatic N) is 2. The molecule has 0 spiro atoms. The van der Waals surface area contributed by atoms with E-state index in [2.05, 4.69) is 9.97 Å². The van der Waals surface area contributed by atoms with Crippen molar-refractivity contribution in [1.29, 1.82) is 0 Å². The molecule has 2 aromatic heterocycles. The molecule has 26 heavy (non-hydrogen) atoms. The smallest absolute Gasteiger partial charge is 0.433 e. The molecule has 1 N–H and O–H groups in total. The SMILES string of the molecule is CCS(=O)(=O)c1cccnc1CCc1cnc(C(F)(F)F)cc1C(=O)O. The van der Waals surface area contributed by atoms with Crippen molar-refractivity contribution in [1.82, 2.24) is 9.97 Å². The van der Waals surface area contributed by atoms with Crippen LogP contribution in [0.15, 0.2) is 35.5 Å². The molecule has 2 heterocycles. The number of pyridine rings is 2. The van der Waals surface area contributed by atoms with Gasteiger partial charge in [0.25, 0.3) is 0 Å². The predicted octanol–water partition coefficient (Wildman–Crippen LogP) is 2.77. The van der Waals surface area contributed by atoms with Gasteiger partial charge in [0.15, 0.2) is 9.84 Å². The Kier molecular flexibility index (Phi) is 5.65. The zero-order chi connectivity index (χ0) is 19.5. The van der Waals surface area contributed by atoms with Gasteiger partial charge < -0.3 is 5.11 Å². The lowest BCUT2D eigenvalue weighted by Gasteiger charge is -2.11. The average molecular weight is 388 g/mol. The molecule has 2 rings (SSSR count). The van der Waals surface area contributed by atoms with E-state index >= 15 is 0 Å². The fraction of sp³-hybridized carbons (Fsp3) is 0.312. The number of hydrogen-bond donors (Lipinski definition) is 1. The van der Waals surface area contributed by atoms with Crippen LogP contribution in [0.4, 0.5) is 13.2 Å². The monoisotopic (exact) mass is 388 g/mol. The molecule has 140 valence electrons. The molecule has 0 aromatic carbocycles. The molecule has 10 heteroatoms. The molecule has 0 fully saturated rings. The van der Waals surface area contributed by atoms with Crippen molar-refractivity contribution in [2.75, 3.05) is 5.75 Å². The zero-order valence-corrected chi connectivity index (χ0v) is 14.4. The lowest BCUT2D eigenvalue weighted by Crippen LogP contribution is -2.14. The van der Waals surface area contributed by atoms with Crippen LogP contribution < -0.4 is 0 Å². The first-order valence-corrected chi connectivity index (χ1v) is 9.17. The number of aromatic carboxylic acids is 1. The molecule has 0 aliphatic carbocycles. The van der Waals surface area contributed by atoms with Crippen molar-refractivity contribution in [2.24, 2.45) is 0 Å². The normalized spacial score (nSPS) is 12.2. The molecular formula is C16H15F3N2O4S. The number of sulfone groups is 1. The van der Waals surface area contributed by atoms with Crippen LogP contribution >= 0.6 is 0 Å². The Balaban J connectivity index is 2.36. The second-order valence-electron chi connectivity index (χ2n) is 5.38. The summed E-state index contributed by atoms with van der Waals surface area (Å²) in [5, 5.41) is 9.17. The Morgan fingerprint density at radius 2 is 1.92 bits per heavy atom. The topological polar surface area (TPSA) is 97.2 Å². The van der Waals surface area contributed by atoms with Crippen LogP contribution in [0.2, 0.25) is 0 Å². The van der Waals surface area contributed by atoms with Gasteiger partial charge in [-0.2, -0.15) is 13.2 Å². The van der Waals surface area contributed by atoms with Crippen LogP contribution in [-0.2, 0) is 28.9 Å². The minimum atomic E-state index is -4.76. The Bertz CT molecular complexity index is 927. The van der Waals surface area contributed by atoms with E-state index in [9.17, 15) is 26.4 Å². The molecule has 0 saturated carbocycles. The third kappa shape index (κ3) is 4.37. The quantitative estimate of drug-likeness (QED) is 0.817. The van der Waals surface area contributed by atoms with Gasteiger partial charge in [-0.3, -0.25) is 9.97 Å². The molecular weight excluding hydrogens is 373 g/mol. The van der Waals surface area contributed by atoms with E-state index in [1.807, 2.05) is 0 Å². The number of rotatable bonds is 6. The van der Waals surface area contributed by atoms with E-state index < -0.39 is 33.2 Å². The number of halogens is 3. The summed E-state index contributed by atoms with van der Waals surface area (Å²) in [6, 6.07) is 3.33. The van der Waals surface area contributed by atoms with Gasteiger partial charge >= 0.3 is 12.1 Å². The first-order chi connectivity index (χ1) is 12.1. The molecule has 0 unspecified atom stereocenters. The fourth-order valence-corrected chi connectivity index (χ4v) is 3.45. The molecule has 0 aliphatic heterocycles. The van der Waals surface area contributed by atoms with Crippen molar-refractivity contribution in [3.63, 3.8) is 0 Å². The van der Waals surface area contributed by atoms with E-state index in [4.69, 9.17) is 5.11 Å². The fourth-order valence-electron chi connectivity index (χ4n) is 2.34. The molecule has 0 saturated heterocycles.